The topological polar surface area (TPSA) is 234 Å². The molecular weight excluding hydrogens is 390 g/mol. The Morgan fingerprint density at radius 3 is 1.72 bits per heavy atom. The molecule has 13 nitrogen and oxygen atoms in total. The lowest BCUT2D eigenvalue weighted by atomic mass is 10.0. The molecule has 0 heterocycles. The highest BCUT2D eigenvalue weighted by atomic mass is 16.4. The predicted molar refractivity (Wildman–Crippen MR) is 98.8 cm³/mol. The predicted octanol–water partition coefficient (Wildman–Crippen LogP) is -4.24. The van der Waals surface area contributed by atoms with E-state index < -0.39 is 73.4 Å². The molecule has 0 aliphatic rings. The molecule has 0 rings (SSSR count). The fourth-order valence-corrected chi connectivity index (χ4v) is 2.20. The summed E-state index contributed by atoms with van der Waals surface area (Å²) in [4.78, 5) is 58.7. The van der Waals surface area contributed by atoms with Crippen molar-refractivity contribution in [1.82, 2.24) is 16.0 Å². The Labute approximate surface area is 167 Å². The van der Waals surface area contributed by atoms with Crippen LogP contribution in [0.1, 0.15) is 26.7 Å². The molecular formula is C16H29N5O8. The maximum atomic E-state index is 12.5. The molecule has 0 bridgehead atoms. The molecule has 0 spiro atoms. The largest absolute Gasteiger partial charge is 0.480 e. The molecule has 0 saturated carbocycles. The molecule has 166 valence electrons. The summed E-state index contributed by atoms with van der Waals surface area (Å²) in [5.74, 6) is -5.21. The third-order valence-electron chi connectivity index (χ3n) is 3.71. The zero-order valence-corrected chi connectivity index (χ0v) is 16.3. The molecule has 0 aliphatic heterocycles. The average molecular weight is 419 g/mol. The van der Waals surface area contributed by atoms with E-state index in [9.17, 15) is 29.1 Å². The fraction of sp³-hybridized carbons (Fsp3) is 0.688. The minimum atomic E-state index is -1.58. The van der Waals surface area contributed by atoms with Crippen LogP contribution in [0.3, 0.4) is 0 Å². The molecule has 13 heteroatoms. The number of aliphatic hydroxyl groups is 2. The Hall–Kier alpha value is -2.77. The van der Waals surface area contributed by atoms with Gasteiger partial charge in [0.25, 0.3) is 0 Å². The molecule has 4 unspecified atom stereocenters. The van der Waals surface area contributed by atoms with Crippen LogP contribution in [0.2, 0.25) is 0 Å². The van der Waals surface area contributed by atoms with Gasteiger partial charge >= 0.3 is 5.97 Å². The number of aliphatic hydroxyl groups excluding tert-OH is 2. The normalized spacial score (nSPS) is 15.0. The second kappa shape index (κ2) is 12.6. The first-order valence-corrected chi connectivity index (χ1v) is 8.82. The van der Waals surface area contributed by atoms with Gasteiger partial charge in [0.15, 0.2) is 0 Å². The van der Waals surface area contributed by atoms with Crippen molar-refractivity contribution in [3.63, 3.8) is 0 Å². The van der Waals surface area contributed by atoms with Crippen LogP contribution in [0, 0.1) is 5.92 Å². The molecule has 0 aromatic rings. The average Bonchev–Trinajstić information content (AvgIpc) is 2.62. The molecule has 0 aromatic carbocycles. The van der Waals surface area contributed by atoms with Crippen molar-refractivity contribution in [1.29, 1.82) is 0 Å². The first kappa shape index (κ1) is 26.2. The van der Waals surface area contributed by atoms with Gasteiger partial charge < -0.3 is 42.7 Å². The third kappa shape index (κ3) is 9.82. The quantitative estimate of drug-likeness (QED) is 0.144. The van der Waals surface area contributed by atoms with Crippen LogP contribution in [0.4, 0.5) is 0 Å². The number of primary amides is 1. The zero-order chi connectivity index (χ0) is 22.7. The van der Waals surface area contributed by atoms with Gasteiger partial charge in [0.1, 0.15) is 24.2 Å². The van der Waals surface area contributed by atoms with Crippen LogP contribution in [0.25, 0.3) is 0 Å². The highest BCUT2D eigenvalue weighted by molar-refractivity contribution is 5.94. The van der Waals surface area contributed by atoms with Crippen LogP contribution < -0.4 is 27.4 Å². The number of carbonyl (C=O) groups excluding carboxylic acids is 4. The molecule has 0 aromatic heterocycles. The fourth-order valence-electron chi connectivity index (χ4n) is 2.20. The second-order valence-electron chi connectivity index (χ2n) is 6.79. The molecule has 0 saturated heterocycles. The van der Waals surface area contributed by atoms with Crippen molar-refractivity contribution in [2.24, 2.45) is 17.4 Å². The van der Waals surface area contributed by atoms with Gasteiger partial charge in [-0.05, 0) is 12.3 Å². The molecule has 4 amide bonds. The lowest BCUT2D eigenvalue weighted by Gasteiger charge is -2.25. The van der Waals surface area contributed by atoms with Crippen LogP contribution >= 0.6 is 0 Å². The van der Waals surface area contributed by atoms with E-state index in [-0.39, 0.29) is 12.3 Å². The number of carbonyl (C=O) groups is 5. The van der Waals surface area contributed by atoms with E-state index in [2.05, 4.69) is 16.0 Å². The van der Waals surface area contributed by atoms with Crippen molar-refractivity contribution in [2.75, 3.05) is 13.2 Å². The van der Waals surface area contributed by atoms with Gasteiger partial charge in [-0.1, -0.05) is 13.8 Å². The molecule has 0 fully saturated rings. The monoisotopic (exact) mass is 419 g/mol. The van der Waals surface area contributed by atoms with Crippen LogP contribution in [-0.2, 0) is 24.0 Å². The van der Waals surface area contributed by atoms with Crippen molar-refractivity contribution < 1.29 is 39.3 Å². The summed E-state index contributed by atoms with van der Waals surface area (Å²) >= 11 is 0. The Kier molecular flexibility index (Phi) is 11.4. The number of carboxylic acid groups (broad SMARTS) is 1. The molecule has 10 N–H and O–H groups in total. The Morgan fingerprint density at radius 2 is 1.31 bits per heavy atom. The minimum absolute atomic E-state index is 0.0999. The Balaban J connectivity index is 5.27. The molecule has 0 radical (unpaired) electrons. The maximum Gasteiger partial charge on any atom is 0.326 e. The smallest absolute Gasteiger partial charge is 0.326 e. The van der Waals surface area contributed by atoms with E-state index in [4.69, 9.17) is 21.7 Å². The highest BCUT2D eigenvalue weighted by Crippen LogP contribution is 2.07. The van der Waals surface area contributed by atoms with Gasteiger partial charge in [-0.3, -0.25) is 19.2 Å². The number of rotatable bonds is 13. The van der Waals surface area contributed by atoms with Crippen LogP contribution in [0.15, 0.2) is 0 Å². The van der Waals surface area contributed by atoms with Gasteiger partial charge in [0, 0.05) is 0 Å². The number of carboxylic acids is 1. The summed E-state index contributed by atoms with van der Waals surface area (Å²) in [5.41, 5.74) is 10.3. The third-order valence-corrected chi connectivity index (χ3v) is 3.71. The van der Waals surface area contributed by atoms with Gasteiger partial charge in [-0.15, -0.1) is 0 Å². The molecule has 4 atom stereocenters. The number of aliphatic carboxylic acids is 1. The SMILES string of the molecule is CC(C)CC(NC(=O)C(CO)NC(=O)C(N)CO)C(=O)NC(CC(N)=O)C(=O)O. The summed E-state index contributed by atoms with van der Waals surface area (Å²) in [5, 5.41) is 33.9. The van der Waals surface area contributed by atoms with Crippen LogP contribution in [0.5, 0.6) is 0 Å². The summed E-state index contributed by atoms with van der Waals surface area (Å²) in [6.07, 6.45) is -0.541. The van der Waals surface area contributed by atoms with E-state index in [1.54, 1.807) is 13.8 Å². The molecule has 0 aliphatic carbocycles. The van der Waals surface area contributed by atoms with Crippen molar-refractivity contribution in [3.05, 3.63) is 0 Å². The van der Waals surface area contributed by atoms with E-state index in [0.717, 1.165) is 0 Å². The number of nitrogens with one attached hydrogen (secondary N) is 3. The standard InChI is InChI=1S/C16H29N5O8/c1-7(2)3-9(14(26)20-10(16(28)29)4-12(18)24)19-15(27)11(6-23)21-13(25)8(17)5-22/h7-11,22-23H,3-6,17H2,1-2H3,(H2,18,24)(H,19,27)(H,20,26)(H,21,25)(H,28,29). The van der Waals surface area contributed by atoms with E-state index in [1.807, 2.05) is 0 Å². The van der Waals surface area contributed by atoms with Gasteiger partial charge in [0.05, 0.1) is 19.6 Å². The van der Waals surface area contributed by atoms with Crippen molar-refractivity contribution >= 4 is 29.6 Å². The van der Waals surface area contributed by atoms with Gasteiger partial charge in [0.2, 0.25) is 23.6 Å². The lowest BCUT2D eigenvalue weighted by Crippen LogP contribution is -2.58. The lowest BCUT2D eigenvalue weighted by molar-refractivity contribution is -0.144. The summed E-state index contributed by atoms with van der Waals surface area (Å²) < 4.78 is 0. The van der Waals surface area contributed by atoms with Crippen molar-refractivity contribution in [3.8, 4) is 0 Å². The number of amides is 4. The van der Waals surface area contributed by atoms with Crippen LogP contribution in [-0.4, -0.2) is 82.3 Å². The van der Waals surface area contributed by atoms with Gasteiger partial charge in [-0.25, -0.2) is 4.79 Å². The minimum Gasteiger partial charge on any atom is -0.480 e. The first-order valence-electron chi connectivity index (χ1n) is 8.82. The summed E-state index contributed by atoms with van der Waals surface area (Å²) in [7, 11) is 0. The maximum absolute atomic E-state index is 12.5. The summed E-state index contributed by atoms with van der Waals surface area (Å²) in [6, 6.07) is -5.56. The van der Waals surface area contributed by atoms with Gasteiger partial charge in [-0.2, -0.15) is 0 Å². The number of hydrogen-bond donors (Lipinski definition) is 8. The Bertz CT molecular complexity index is 612. The number of hydrogen-bond acceptors (Lipinski definition) is 8. The summed E-state index contributed by atoms with van der Waals surface area (Å²) in [6.45, 7) is 2.00. The van der Waals surface area contributed by atoms with Crippen molar-refractivity contribution in [2.45, 2.75) is 50.9 Å². The highest BCUT2D eigenvalue weighted by Gasteiger charge is 2.30. The zero-order valence-electron chi connectivity index (χ0n) is 16.3. The Morgan fingerprint density at radius 1 is 0.828 bits per heavy atom. The second-order valence-corrected chi connectivity index (χ2v) is 6.79. The first-order chi connectivity index (χ1) is 13.4. The number of nitrogens with two attached hydrogens (primary N) is 2. The van der Waals surface area contributed by atoms with E-state index in [1.165, 1.54) is 0 Å². The molecule has 29 heavy (non-hydrogen) atoms. The van der Waals surface area contributed by atoms with E-state index in [0.29, 0.717) is 0 Å². The van der Waals surface area contributed by atoms with E-state index >= 15 is 0 Å².